The van der Waals surface area contributed by atoms with Crippen molar-refractivity contribution in [2.24, 2.45) is 35.0 Å². The molecular formula is C50H46N2. The van der Waals surface area contributed by atoms with Gasteiger partial charge in [-0.1, -0.05) is 143 Å². The zero-order chi connectivity index (χ0) is 35.6. The number of aromatic nitrogens is 2. The van der Waals surface area contributed by atoms with Crippen LogP contribution < -0.4 is 0 Å². The van der Waals surface area contributed by atoms with Crippen LogP contribution in [0, 0.1) is 35.0 Å². The molecule has 2 aromatic carbocycles. The maximum absolute atomic E-state index is 4.72. The number of hydrogen-bond acceptors (Lipinski definition) is 2. The van der Waals surface area contributed by atoms with Gasteiger partial charge in [0.05, 0.1) is 0 Å². The molecule has 5 aliphatic rings. The van der Waals surface area contributed by atoms with Gasteiger partial charge in [-0.15, -0.1) is 0 Å². The summed E-state index contributed by atoms with van der Waals surface area (Å²) < 4.78 is 0. The quantitative estimate of drug-likeness (QED) is 0.211. The molecule has 4 aromatic rings. The Morgan fingerprint density at radius 1 is 0.596 bits per heavy atom. The van der Waals surface area contributed by atoms with Gasteiger partial charge in [0, 0.05) is 48.0 Å². The average Bonchev–Trinajstić information content (AvgIpc) is 3.17. The highest BCUT2D eigenvalue weighted by Crippen LogP contribution is 2.57. The third kappa shape index (κ3) is 5.57. The van der Waals surface area contributed by atoms with E-state index < -0.39 is 0 Å². The number of allylic oxidation sites excluding steroid dienone is 16. The Balaban J connectivity index is 1.12. The number of pyridine rings is 2. The molecule has 2 heterocycles. The molecule has 0 spiro atoms. The topological polar surface area (TPSA) is 25.8 Å². The van der Waals surface area contributed by atoms with Gasteiger partial charge in [-0.05, 0) is 109 Å². The molecule has 6 atom stereocenters. The van der Waals surface area contributed by atoms with Gasteiger partial charge in [0.15, 0.2) is 0 Å². The lowest BCUT2D eigenvalue weighted by molar-refractivity contribution is 0.369. The predicted octanol–water partition coefficient (Wildman–Crippen LogP) is 12.3. The minimum absolute atomic E-state index is 0.133. The maximum atomic E-state index is 4.72. The van der Waals surface area contributed by atoms with Crippen LogP contribution in [0.25, 0.3) is 27.8 Å². The van der Waals surface area contributed by atoms with Crippen LogP contribution >= 0.6 is 0 Å². The summed E-state index contributed by atoms with van der Waals surface area (Å²) in [5.74, 6) is 2.12. The highest BCUT2D eigenvalue weighted by atomic mass is 14.7. The highest BCUT2D eigenvalue weighted by Gasteiger charge is 2.45. The molecule has 9 rings (SSSR count). The fourth-order valence-electron chi connectivity index (χ4n) is 9.52. The van der Waals surface area contributed by atoms with E-state index in [1.54, 1.807) is 11.1 Å². The molecule has 2 heteroatoms. The Kier molecular flexibility index (Phi) is 7.96. The molecule has 0 N–H and O–H groups in total. The van der Waals surface area contributed by atoms with E-state index >= 15 is 0 Å². The Morgan fingerprint density at radius 3 is 1.87 bits per heavy atom. The molecular weight excluding hydrogens is 629 g/mol. The first kappa shape index (κ1) is 32.6. The van der Waals surface area contributed by atoms with E-state index in [0.717, 1.165) is 5.69 Å². The summed E-state index contributed by atoms with van der Waals surface area (Å²) in [6.07, 6.45) is 27.9. The summed E-state index contributed by atoms with van der Waals surface area (Å²) in [6.45, 7) is 11.9. The van der Waals surface area contributed by atoms with Gasteiger partial charge < -0.3 is 0 Å². The van der Waals surface area contributed by atoms with E-state index in [-0.39, 0.29) is 11.3 Å². The molecule has 6 unspecified atom stereocenters. The van der Waals surface area contributed by atoms with Crippen LogP contribution in [0.15, 0.2) is 186 Å². The fraction of sp³-hybridized carbons (Fsp3) is 0.240. The van der Waals surface area contributed by atoms with E-state index in [1.807, 2.05) is 24.7 Å². The zero-order valence-corrected chi connectivity index (χ0v) is 30.8. The molecule has 0 bridgehead atoms. The maximum Gasteiger partial charge on any atom is 0.0478 e. The van der Waals surface area contributed by atoms with E-state index in [9.17, 15) is 0 Å². The van der Waals surface area contributed by atoms with Crippen molar-refractivity contribution in [1.82, 2.24) is 9.97 Å². The molecule has 2 aromatic heterocycles. The van der Waals surface area contributed by atoms with Crippen LogP contribution in [-0.4, -0.2) is 9.97 Å². The Labute approximate surface area is 309 Å². The van der Waals surface area contributed by atoms with Crippen molar-refractivity contribution in [3.63, 3.8) is 0 Å². The van der Waals surface area contributed by atoms with E-state index in [2.05, 4.69) is 167 Å². The summed E-state index contributed by atoms with van der Waals surface area (Å²) in [6, 6.07) is 28.6. The summed E-state index contributed by atoms with van der Waals surface area (Å²) >= 11 is 0. The average molecular weight is 675 g/mol. The third-order valence-corrected chi connectivity index (χ3v) is 12.1. The summed E-state index contributed by atoms with van der Waals surface area (Å²) in [5, 5.41) is 0. The second kappa shape index (κ2) is 12.7. The van der Waals surface area contributed by atoms with Crippen LogP contribution in [0.4, 0.5) is 0 Å². The molecule has 5 aliphatic carbocycles. The number of hydrogen-bond donors (Lipinski definition) is 0. The van der Waals surface area contributed by atoms with Gasteiger partial charge in [0.1, 0.15) is 0 Å². The van der Waals surface area contributed by atoms with Crippen LogP contribution in [0.1, 0.15) is 51.8 Å². The number of rotatable bonds is 5. The summed E-state index contributed by atoms with van der Waals surface area (Å²) in [4.78, 5) is 8.89. The minimum atomic E-state index is 0.133. The summed E-state index contributed by atoms with van der Waals surface area (Å²) in [7, 11) is 0. The van der Waals surface area contributed by atoms with Gasteiger partial charge in [-0.3, -0.25) is 9.97 Å². The zero-order valence-electron chi connectivity index (χ0n) is 30.8. The van der Waals surface area contributed by atoms with Crippen molar-refractivity contribution in [1.29, 1.82) is 0 Å². The second-order valence-corrected chi connectivity index (χ2v) is 16.3. The van der Waals surface area contributed by atoms with E-state index in [1.165, 1.54) is 55.7 Å². The van der Waals surface area contributed by atoms with Crippen molar-refractivity contribution < 1.29 is 0 Å². The van der Waals surface area contributed by atoms with Gasteiger partial charge in [-0.2, -0.15) is 0 Å². The monoisotopic (exact) mass is 674 g/mol. The normalized spacial score (nSPS) is 26.1. The standard InChI is InChI=1S/C50H46N2/c1-31-28-38(17-19-40(31)47-8-6-7-25-52-47)45-30-44(37-15-13-34(14-16-37)33-9-11-35(12-10-33)36-23-26-51-27-24-36)42-20-18-39-29-46(50(3,4)5)32(2)41-21-22-43(45)49(42)48(39)41/h6-32,40-42,49H,1-5H3. The first-order valence-corrected chi connectivity index (χ1v) is 19.0. The number of nitrogens with zero attached hydrogens (tertiary/aromatic N) is 2. The van der Waals surface area contributed by atoms with Crippen molar-refractivity contribution in [2.45, 2.75) is 40.5 Å². The lowest BCUT2D eigenvalue weighted by Crippen LogP contribution is -2.37. The molecule has 0 fully saturated rings. The lowest BCUT2D eigenvalue weighted by Gasteiger charge is -2.48. The molecule has 0 radical (unpaired) electrons. The molecule has 256 valence electrons. The smallest absolute Gasteiger partial charge is 0.0478 e. The molecule has 0 amide bonds. The third-order valence-electron chi connectivity index (χ3n) is 12.1. The van der Waals surface area contributed by atoms with Crippen molar-refractivity contribution in [3.05, 3.63) is 197 Å². The van der Waals surface area contributed by atoms with Crippen molar-refractivity contribution in [3.8, 4) is 22.3 Å². The molecule has 2 nitrogen and oxygen atoms in total. The number of benzene rings is 2. The highest BCUT2D eigenvalue weighted by molar-refractivity contribution is 5.82. The Morgan fingerprint density at radius 2 is 1.23 bits per heavy atom. The van der Waals surface area contributed by atoms with Crippen LogP contribution in [0.5, 0.6) is 0 Å². The summed E-state index contributed by atoms with van der Waals surface area (Å²) in [5.41, 5.74) is 17.6. The Hall–Kier alpha value is -5.34. The van der Waals surface area contributed by atoms with E-state index in [4.69, 9.17) is 4.98 Å². The lowest BCUT2D eigenvalue weighted by atomic mass is 9.56. The van der Waals surface area contributed by atoms with Gasteiger partial charge in [0.25, 0.3) is 0 Å². The minimum Gasteiger partial charge on any atom is -0.265 e. The predicted molar refractivity (Wildman–Crippen MR) is 216 cm³/mol. The molecule has 0 aliphatic heterocycles. The Bertz CT molecular complexity index is 2280. The second-order valence-electron chi connectivity index (χ2n) is 16.3. The van der Waals surface area contributed by atoms with Crippen LogP contribution in [0.3, 0.4) is 0 Å². The molecule has 0 saturated heterocycles. The largest absolute Gasteiger partial charge is 0.265 e. The SMILES string of the molecule is CC1C=C(C2=C3C=CC4C5=C(C=CC(C(c6ccc(-c7ccc(-c8ccncc8)cc7)cc6)=C2)C35)C=C(C(C)(C)C)C4C)C=CC1c1ccccn1. The van der Waals surface area contributed by atoms with Crippen LogP contribution in [0.2, 0.25) is 0 Å². The molecule has 0 saturated carbocycles. The first-order chi connectivity index (χ1) is 25.2. The fourth-order valence-corrected chi connectivity index (χ4v) is 9.52. The van der Waals surface area contributed by atoms with Crippen molar-refractivity contribution >= 4 is 5.57 Å². The molecule has 52 heavy (non-hydrogen) atoms. The first-order valence-electron chi connectivity index (χ1n) is 19.0. The van der Waals surface area contributed by atoms with E-state index in [0.29, 0.717) is 29.6 Å². The van der Waals surface area contributed by atoms with Crippen LogP contribution in [-0.2, 0) is 0 Å². The van der Waals surface area contributed by atoms with Gasteiger partial charge in [-0.25, -0.2) is 0 Å². The van der Waals surface area contributed by atoms with Crippen molar-refractivity contribution in [2.75, 3.05) is 0 Å². The van der Waals surface area contributed by atoms with Gasteiger partial charge in [0.2, 0.25) is 0 Å². The van der Waals surface area contributed by atoms with Gasteiger partial charge >= 0.3 is 0 Å².